The summed E-state index contributed by atoms with van der Waals surface area (Å²) in [6.45, 7) is 3.76. The molecule has 0 fully saturated rings. The molecular weight excluding hydrogens is 106 g/mol. The highest BCUT2D eigenvalue weighted by Gasteiger charge is 1.99. The second-order valence-corrected chi connectivity index (χ2v) is 1.45. The minimum Gasteiger partial charge on any atom is -0.465 e. The molecule has 0 spiro atoms. The van der Waals surface area contributed by atoms with Crippen molar-refractivity contribution in [3.63, 3.8) is 0 Å². The Balaban J connectivity index is 3.46. The summed E-state index contributed by atoms with van der Waals surface area (Å²) in [6, 6.07) is 0. The first-order valence-corrected chi connectivity index (χ1v) is 2.23. The second kappa shape index (κ2) is 3.07. The van der Waals surface area contributed by atoms with Gasteiger partial charge in [0.2, 0.25) is 0 Å². The van der Waals surface area contributed by atoms with Crippen LogP contribution in [-0.2, 0) is 0 Å². The van der Waals surface area contributed by atoms with Gasteiger partial charge in [0.05, 0.1) is 0 Å². The molecule has 0 radical (unpaired) electrons. The summed E-state index contributed by atoms with van der Waals surface area (Å²) in [7, 11) is 1.49. The van der Waals surface area contributed by atoms with Crippen molar-refractivity contribution in [2.24, 2.45) is 0 Å². The standard InChI is InChI=1S/C5H9NO2/c1-3-4-6(2)5(7)8/h3H,1,4H2,2H3,(H,7,8). The summed E-state index contributed by atoms with van der Waals surface area (Å²) < 4.78 is 0. The fourth-order valence-corrected chi connectivity index (χ4v) is 0.272. The van der Waals surface area contributed by atoms with Gasteiger partial charge in [0.1, 0.15) is 0 Å². The van der Waals surface area contributed by atoms with E-state index in [0.717, 1.165) is 4.90 Å². The molecule has 1 amide bonds. The van der Waals surface area contributed by atoms with Crippen molar-refractivity contribution in [3.8, 4) is 0 Å². The van der Waals surface area contributed by atoms with Crippen LogP contribution in [-0.4, -0.2) is 29.7 Å². The Kier molecular flexibility index (Phi) is 2.69. The van der Waals surface area contributed by atoms with E-state index in [9.17, 15) is 4.79 Å². The average Bonchev–Trinajstić information content (AvgIpc) is 1.67. The first kappa shape index (κ1) is 7.01. The third kappa shape index (κ3) is 2.23. The molecule has 0 saturated heterocycles. The van der Waals surface area contributed by atoms with Crippen LogP contribution in [0.15, 0.2) is 12.7 Å². The summed E-state index contributed by atoms with van der Waals surface area (Å²) in [5, 5.41) is 8.19. The van der Waals surface area contributed by atoms with Crippen molar-refractivity contribution in [1.29, 1.82) is 0 Å². The molecule has 1 N–H and O–H groups in total. The topological polar surface area (TPSA) is 40.5 Å². The van der Waals surface area contributed by atoms with E-state index < -0.39 is 6.09 Å². The Hall–Kier alpha value is -0.990. The van der Waals surface area contributed by atoms with Crippen molar-refractivity contribution in [3.05, 3.63) is 12.7 Å². The molecule has 0 aliphatic heterocycles. The molecular formula is C5H9NO2. The molecule has 0 aliphatic rings. The molecule has 0 bridgehead atoms. The van der Waals surface area contributed by atoms with Crippen LogP contribution in [0.5, 0.6) is 0 Å². The van der Waals surface area contributed by atoms with Gasteiger partial charge < -0.3 is 10.0 Å². The number of carboxylic acid groups (broad SMARTS) is 1. The lowest BCUT2D eigenvalue weighted by molar-refractivity contribution is 0.160. The van der Waals surface area contributed by atoms with E-state index in [1.54, 1.807) is 0 Å². The number of hydrogen-bond donors (Lipinski definition) is 1. The van der Waals surface area contributed by atoms with Gasteiger partial charge in [0.15, 0.2) is 0 Å². The minimum absolute atomic E-state index is 0.384. The molecule has 0 aromatic heterocycles. The summed E-state index contributed by atoms with van der Waals surface area (Å²) in [6.07, 6.45) is 0.610. The molecule has 0 aromatic rings. The van der Waals surface area contributed by atoms with Crippen molar-refractivity contribution >= 4 is 6.09 Å². The van der Waals surface area contributed by atoms with Crippen LogP contribution in [0.1, 0.15) is 0 Å². The summed E-state index contributed by atoms with van der Waals surface area (Å²) in [4.78, 5) is 11.1. The fourth-order valence-electron chi connectivity index (χ4n) is 0.272. The van der Waals surface area contributed by atoms with E-state index >= 15 is 0 Å². The molecule has 0 heterocycles. The van der Waals surface area contributed by atoms with Crippen LogP contribution in [0, 0.1) is 0 Å². The van der Waals surface area contributed by atoms with E-state index in [1.165, 1.54) is 13.1 Å². The quantitative estimate of drug-likeness (QED) is 0.540. The maximum atomic E-state index is 9.97. The van der Waals surface area contributed by atoms with Crippen LogP contribution in [0.4, 0.5) is 4.79 Å². The molecule has 0 atom stereocenters. The third-order valence-corrected chi connectivity index (χ3v) is 0.730. The van der Waals surface area contributed by atoms with E-state index in [0.29, 0.717) is 6.54 Å². The largest absolute Gasteiger partial charge is 0.465 e. The van der Waals surface area contributed by atoms with Crippen LogP contribution in [0.2, 0.25) is 0 Å². The predicted octanol–water partition coefficient (Wildman–Crippen LogP) is 0.782. The molecule has 0 aromatic carbocycles. The lowest BCUT2D eigenvalue weighted by atomic mass is 10.6. The lowest BCUT2D eigenvalue weighted by Crippen LogP contribution is -2.24. The summed E-state index contributed by atoms with van der Waals surface area (Å²) in [5.74, 6) is 0. The fraction of sp³-hybridized carbons (Fsp3) is 0.400. The normalized spacial score (nSPS) is 8.12. The van der Waals surface area contributed by atoms with Gasteiger partial charge in [-0.25, -0.2) is 4.79 Å². The molecule has 3 heteroatoms. The highest BCUT2D eigenvalue weighted by molar-refractivity contribution is 5.64. The molecule has 46 valence electrons. The second-order valence-electron chi connectivity index (χ2n) is 1.45. The average molecular weight is 115 g/mol. The van der Waals surface area contributed by atoms with Crippen LogP contribution >= 0.6 is 0 Å². The Morgan fingerprint density at radius 1 is 2.00 bits per heavy atom. The third-order valence-electron chi connectivity index (χ3n) is 0.730. The molecule has 0 saturated carbocycles. The van der Waals surface area contributed by atoms with Crippen molar-refractivity contribution in [2.75, 3.05) is 13.6 Å². The number of amides is 1. The van der Waals surface area contributed by atoms with Crippen LogP contribution in [0.25, 0.3) is 0 Å². The van der Waals surface area contributed by atoms with E-state index in [4.69, 9.17) is 5.11 Å². The molecule has 0 aliphatic carbocycles. The van der Waals surface area contributed by atoms with Gasteiger partial charge in [-0.3, -0.25) is 0 Å². The number of rotatable bonds is 2. The van der Waals surface area contributed by atoms with Gasteiger partial charge in [-0.2, -0.15) is 0 Å². The number of carbonyl (C=O) groups is 1. The number of hydrogen-bond acceptors (Lipinski definition) is 1. The molecule has 0 rings (SSSR count). The SMILES string of the molecule is C=CCN(C)C(=O)O. The first-order chi connectivity index (χ1) is 3.68. The van der Waals surface area contributed by atoms with Gasteiger partial charge in [0, 0.05) is 13.6 Å². The maximum absolute atomic E-state index is 9.97. The molecule has 0 unspecified atom stereocenters. The monoisotopic (exact) mass is 115 g/mol. The Labute approximate surface area is 48.2 Å². The maximum Gasteiger partial charge on any atom is 0.407 e. The van der Waals surface area contributed by atoms with Gasteiger partial charge >= 0.3 is 6.09 Å². The summed E-state index contributed by atoms with van der Waals surface area (Å²) in [5.41, 5.74) is 0. The van der Waals surface area contributed by atoms with Crippen molar-refractivity contribution < 1.29 is 9.90 Å². The zero-order valence-electron chi connectivity index (χ0n) is 4.79. The minimum atomic E-state index is -0.926. The lowest BCUT2D eigenvalue weighted by Gasteiger charge is -2.07. The number of likely N-dealkylation sites (N-methyl/N-ethyl adjacent to an activating group) is 1. The Bertz CT molecular complexity index is 101. The van der Waals surface area contributed by atoms with Gasteiger partial charge in [-0.15, -0.1) is 6.58 Å². The van der Waals surface area contributed by atoms with Gasteiger partial charge in [0.25, 0.3) is 0 Å². The highest BCUT2D eigenvalue weighted by atomic mass is 16.4. The van der Waals surface area contributed by atoms with E-state index in [-0.39, 0.29) is 0 Å². The predicted molar refractivity (Wildman–Crippen MR) is 30.9 cm³/mol. The Morgan fingerprint density at radius 2 is 2.50 bits per heavy atom. The van der Waals surface area contributed by atoms with Crippen LogP contribution < -0.4 is 0 Å². The summed E-state index contributed by atoms with van der Waals surface area (Å²) >= 11 is 0. The smallest absolute Gasteiger partial charge is 0.407 e. The van der Waals surface area contributed by atoms with Gasteiger partial charge in [-0.1, -0.05) is 6.08 Å². The highest BCUT2D eigenvalue weighted by Crippen LogP contribution is 1.80. The first-order valence-electron chi connectivity index (χ1n) is 2.23. The molecule has 8 heavy (non-hydrogen) atoms. The van der Waals surface area contributed by atoms with Crippen molar-refractivity contribution in [1.82, 2.24) is 4.90 Å². The van der Waals surface area contributed by atoms with Crippen molar-refractivity contribution in [2.45, 2.75) is 0 Å². The Morgan fingerprint density at radius 3 is 2.62 bits per heavy atom. The van der Waals surface area contributed by atoms with Crippen LogP contribution in [0.3, 0.4) is 0 Å². The number of nitrogens with zero attached hydrogens (tertiary/aromatic N) is 1. The van der Waals surface area contributed by atoms with Gasteiger partial charge in [-0.05, 0) is 0 Å². The zero-order chi connectivity index (χ0) is 6.57. The van der Waals surface area contributed by atoms with E-state index in [1.807, 2.05) is 0 Å². The molecule has 3 nitrogen and oxygen atoms in total. The van der Waals surface area contributed by atoms with E-state index in [2.05, 4.69) is 6.58 Å². The zero-order valence-corrected chi connectivity index (χ0v) is 4.79.